The molecular formula is C10H18O4. The monoisotopic (exact) mass is 202 g/mol. The van der Waals surface area contributed by atoms with Crippen LogP contribution in [0.5, 0.6) is 0 Å². The summed E-state index contributed by atoms with van der Waals surface area (Å²) in [5.41, 5.74) is 0. The summed E-state index contributed by atoms with van der Waals surface area (Å²) in [5.74, 6) is -0.469. The molecule has 0 spiro atoms. The Labute approximate surface area is 83.9 Å². The van der Waals surface area contributed by atoms with Gasteiger partial charge in [-0.3, -0.25) is 9.59 Å². The Hall–Kier alpha value is -0.740. The van der Waals surface area contributed by atoms with E-state index >= 15 is 0 Å². The van der Waals surface area contributed by atoms with Crippen LogP contribution in [-0.4, -0.2) is 34.0 Å². The molecule has 2 unspecified atom stereocenters. The van der Waals surface area contributed by atoms with Gasteiger partial charge in [0.05, 0.1) is 0 Å². The van der Waals surface area contributed by atoms with Crippen LogP contribution < -0.4 is 0 Å². The van der Waals surface area contributed by atoms with E-state index in [-0.39, 0.29) is 11.6 Å². The van der Waals surface area contributed by atoms with Crippen LogP contribution in [0, 0.1) is 0 Å². The molecule has 0 aliphatic carbocycles. The Morgan fingerprint density at radius 2 is 1.64 bits per heavy atom. The largest absolute Gasteiger partial charge is 0.385 e. The Morgan fingerprint density at radius 1 is 1.14 bits per heavy atom. The summed E-state index contributed by atoms with van der Waals surface area (Å²) in [6.45, 7) is 3.01. The highest BCUT2D eigenvalue weighted by Gasteiger charge is 2.14. The Balaban J connectivity index is 3.64. The van der Waals surface area contributed by atoms with Gasteiger partial charge in [-0.05, 0) is 26.2 Å². The van der Waals surface area contributed by atoms with Gasteiger partial charge in [-0.25, -0.2) is 0 Å². The minimum Gasteiger partial charge on any atom is -0.385 e. The summed E-state index contributed by atoms with van der Waals surface area (Å²) in [6.07, 6.45) is -0.483. The molecular weight excluding hydrogens is 184 g/mol. The second kappa shape index (κ2) is 6.68. The Morgan fingerprint density at radius 3 is 2.07 bits per heavy atom. The van der Waals surface area contributed by atoms with Gasteiger partial charge in [-0.15, -0.1) is 0 Å². The van der Waals surface area contributed by atoms with E-state index in [4.69, 9.17) is 5.11 Å². The van der Waals surface area contributed by atoms with E-state index in [0.717, 1.165) is 0 Å². The molecule has 0 saturated carbocycles. The number of Topliss-reactive ketones (excluding diaryl/α,β-unsaturated/α-hetero) is 2. The van der Waals surface area contributed by atoms with E-state index in [1.807, 2.05) is 0 Å². The van der Waals surface area contributed by atoms with Crippen molar-refractivity contribution >= 4 is 11.6 Å². The lowest BCUT2D eigenvalue weighted by atomic mass is 10.0. The third-order valence-electron chi connectivity index (χ3n) is 2.14. The van der Waals surface area contributed by atoms with Crippen LogP contribution in [0.1, 0.15) is 39.5 Å². The first-order valence-corrected chi connectivity index (χ1v) is 4.88. The zero-order chi connectivity index (χ0) is 11.1. The van der Waals surface area contributed by atoms with E-state index in [2.05, 4.69) is 0 Å². The molecule has 0 aromatic heterocycles. The predicted octanol–water partition coefficient (Wildman–Crippen LogP) is 0.447. The second-order valence-electron chi connectivity index (χ2n) is 3.39. The molecule has 82 valence electrons. The zero-order valence-corrected chi connectivity index (χ0v) is 8.69. The van der Waals surface area contributed by atoms with Crippen LogP contribution >= 0.6 is 0 Å². The van der Waals surface area contributed by atoms with Crippen LogP contribution in [-0.2, 0) is 9.59 Å². The molecule has 0 aliphatic heterocycles. The Kier molecular flexibility index (Phi) is 6.32. The van der Waals surface area contributed by atoms with Gasteiger partial charge in [0.15, 0.2) is 11.6 Å². The quantitative estimate of drug-likeness (QED) is 0.628. The third kappa shape index (κ3) is 5.09. The van der Waals surface area contributed by atoms with Gasteiger partial charge in [-0.1, -0.05) is 6.92 Å². The number of hydrogen-bond acceptors (Lipinski definition) is 4. The maximum Gasteiger partial charge on any atom is 0.160 e. The average molecular weight is 202 g/mol. The van der Waals surface area contributed by atoms with E-state index in [9.17, 15) is 14.7 Å². The number of carbonyl (C=O) groups is 2. The predicted molar refractivity (Wildman–Crippen MR) is 51.8 cm³/mol. The van der Waals surface area contributed by atoms with Crippen molar-refractivity contribution in [1.29, 1.82) is 0 Å². The maximum absolute atomic E-state index is 10.9. The van der Waals surface area contributed by atoms with Gasteiger partial charge in [-0.2, -0.15) is 0 Å². The van der Waals surface area contributed by atoms with Gasteiger partial charge in [0, 0.05) is 6.42 Å². The molecule has 0 aliphatic rings. The van der Waals surface area contributed by atoms with Gasteiger partial charge in [0.2, 0.25) is 0 Å². The van der Waals surface area contributed by atoms with E-state index in [0.29, 0.717) is 25.7 Å². The van der Waals surface area contributed by atoms with E-state index < -0.39 is 12.2 Å². The zero-order valence-electron chi connectivity index (χ0n) is 8.69. The summed E-state index contributed by atoms with van der Waals surface area (Å²) in [4.78, 5) is 21.6. The molecule has 0 amide bonds. The number of ketones is 2. The Bertz CT molecular complexity index is 200. The maximum atomic E-state index is 10.9. The molecule has 0 fully saturated rings. The first-order chi connectivity index (χ1) is 6.49. The molecule has 14 heavy (non-hydrogen) atoms. The lowest BCUT2D eigenvalue weighted by Crippen LogP contribution is -2.21. The first-order valence-electron chi connectivity index (χ1n) is 4.88. The standard InChI is InChI=1S/C10H18O4/c1-3-8(12)10(14)6-4-5-9(13)7(2)11/h9-10,13-14H,3-6H2,1-2H3. The lowest BCUT2D eigenvalue weighted by molar-refractivity contribution is -0.127. The van der Waals surface area contributed by atoms with Crippen molar-refractivity contribution in [3.05, 3.63) is 0 Å². The number of aliphatic hydroxyl groups is 2. The van der Waals surface area contributed by atoms with Crippen LogP contribution in [0.4, 0.5) is 0 Å². The molecule has 0 heterocycles. The van der Waals surface area contributed by atoms with Gasteiger partial charge in [0.1, 0.15) is 12.2 Å². The van der Waals surface area contributed by atoms with Crippen molar-refractivity contribution in [2.24, 2.45) is 0 Å². The van der Waals surface area contributed by atoms with Crippen LogP contribution in [0.15, 0.2) is 0 Å². The van der Waals surface area contributed by atoms with Crippen LogP contribution in [0.2, 0.25) is 0 Å². The number of aliphatic hydroxyl groups excluding tert-OH is 2. The lowest BCUT2D eigenvalue weighted by Gasteiger charge is -2.09. The van der Waals surface area contributed by atoms with Gasteiger partial charge in [0.25, 0.3) is 0 Å². The number of hydrogen-bond donors (Lipinski definition) is 2. The number of carbonyl (C=O) groups excluding carboxylic acids is 2. The van der Waals surface area contributed by atoms with Crippen molar-refractivity contribution < 1.29 is 19.8 Å². The van der Waals surface area contributed by atoms with E-state index in [1.54, 1.807) is 6.92 Å². The highest BCUT2D eigenvalue weighted by molar-refractivity contribution is 5.82. The molecule has 0 aromatic carbocycles. The summed E-state index contributed by atoms with van der Waals surface area (Å²) >= 11 is 0. The fourth-order valence-electron chi connectivity index (χ4n) is 1.10. The van der Waals surface area contributed by atoms with Crippen molar-refractivity contribution in [3.8, 4) is 0 Å². The molecule has 4 nitrogen and oxygen atoms in total. The fourth-order valence-corrected chi connectivity index (χ4v) is 1.10. The topological polar surface area (TPSA) is 74.6 Å². The average Bonchev–Trinajstić information content (AvgIpc) is 2.15. The molecule has 0 bridgehead atoms. The van der Waals surface area contributed by atoms with Crippen molar-refractivity contribution in [3.63, 3.8) is 0 Å². The van der Waals surface area contributed by atoms with E-state index in [1.165, 1.54) is 6.92 Å². The summed E-state index contributed by atoms with van der Waals surface area (Å²) in [5, 5.41) is 18.4. The minimum atomic E-state index is -0.959. The normalized spacial score (nSPS) is 14.9. The second-order valence-corrected chi connectivity index (χ2v) is 3.39. The fraction of sp³-hybridized carbons (Fsp3) is 0.800. The van der Waals surface area contributed by atoms with Gasteiger partial charge < -0.3 is 10.2 Å². The van der Waals surface area contributed by atoms with Gasteiger partial charge >= 0.3 is 0 Å². The number of rotatable bonds is 7. The van der Waals surface area contributed by atoms with Crippen LogP contribution in [0.3, 0.4) is 0 Å². The molecule has 0 radical (unpaired) electrons. The third-order valence-corrected chi connectivity index (χ3v) is 2.14. The smallest absolute Gasteiger partial charge is 0.160 e. The molecule has 0 aromatic rings. The molecule has 0 saturated heterocycles. The highest BCUT2D eigenvalue weighted by atomic mass is 16.3. The molecule has 2 N–H and O–H groups in total. The SMILES string of the molecule is CCC(=O)C(O)CCCC(O)C(C)=O. The van der Waals surface area contributed by atoms with Crippen molar-refractivity contribution in [1.82, 2.24) is 0 Å². The first kappa shape index (κ1) is 13.3. The summed E-state index contributed by atoms with van der Waals surface area (Å²) in [6, 6.07) is 0. The van der Waals surface area contributed by atoms with Crippen LogP contribution in [0.25, 0.3) is 0 Å². The van der Waals surface area contributed by atoms with Crippen molar-refractivity contribution in [2.45, 2.75) is 51.7 Å². The highest BCUT2D eigenvalue weighted by Crippen LogP contribution is 2.06. The molecule has 2 atom stereocenters. The van der Waals surface area contributed by atoms with Crippen molar-refractivity contribution in [2.75, 3.05) is 0 Å². The molecule has 4 heteroatoms. The summed E-state index contributed by atoms with van der Waals surface area (Å²) in [7, 11) is 0. The molecule has 0 rings (SSSR count). The minimum absolute atomic E-state index is 0.192. The summed E-state index contributed by atoms with van der Waals surface area (Å²) < 4.78 is 0.